The third-order valence-corrected chi connectivity index (χ3v) is 5.36. The first-order chi connectivity index (χ1) is 17.0. The van der Waals surface area contributed by atoms with Gasteiger partial charge in [0.2, 0.25) is 11.8 Å². The minimum Gasteiger partial charge on any atom is -0.481 e. The van der Waals surface area contributed by atoms with Crippen molar-refractivity contribution in [2.75, 3.05) is 19.6 Å². The smallest absolute Gasteiger partial charge is 0.309 e. The molecule has 9 nitrogen and oxygen atoms in total. The lowest BCUT2D eigenvalue weighted by Gasteiger charge is -2.18. The van der Waals surface area contributed by atoms with Crippen molar-refractivity contribution in [2.45, 2.75) is 46.5 Å². The van der Waals surface area contributed by atoms with Crippen LogP contribution in [-0.4, -0.2) is 48.5 Å². The van der Waals surface area contributed by atoms with E-state index in [0.29, 0.717) is 13.1 Å². The van der Waals surface area contributed by atoms with Gasteiger partial charge in [-0.15, -0.1) is 0 Å². The zero-order chi connectivity index (χ0) is 27.0. The average molecular weight is 498 g/mol. The fourth-order valence-electron chi connectivity index (χ4n) is 2.91. The lowest BCUT2D eigenvalue weighted by Crippen LogP contribution is -2.38. The van der Waals surface area contributed by atoms with Crippen LogP contribution in [-0.2, 0) is 14.4 Å². The zero-order valence-corrected chi connectivity index (χ0v) is 21.4. The first-order valence-electron chi connectivity index (χ1n) is 12.0. The summed E-state index contributed by atoms with van der Waals surface area (Å²) < 4.78 is 0. The lowest BCUT2D eigenvalue weighted by atomic mass is 9.88. The Morgan fingerprint density at radius 3 is 2.08 bits per heavy atom. The number of nitrogens with one attached hydrogen (secondary N) is 2. The number of carboxylic acid groups (broad SMARTS) is 1. The van der Waals surface area contributed by atoms with Crippen LogP contribution < -0.4 is 22.1 Å². The van der Waals surface area contributed by atoms with E-state index in [1.165, 1.54) is 16.7 Å². The number of hydrogen-bond acceptors (Lipinski definition) is 4. The van der Waals surface area contributed by atoms with Crippen LogP contribution in [0.2, 0.25) is 0 Å². The van der Waals surface area contributed by atoms with Gasteiger partial charge in [-0.05, 0) is 51.2 Å². The minimum atomic E-state index is -0.963. The van der Waals surface area contributed by atoms with Gasteiger partial charge in [-0.1, -0.05) is 60.2 Å². The highest BCUT2D eigenvalue weighted by Crippen LogP contribution is 2.22. The molecule has 0 saturated carbocycles. The first kappa shape index (κ1) is 30.2. The highest BCUT2D eigenvalue weighted by molar-refractivity contribution is 5.85. The molecular weight excluding hydrogens is 458 g/mol. The van der Waals surface area contributed by atoms with Crippen molar-refractivity contribution in [3.63, 3.8) is 0 Å². The second-order valence-corrected chi connectivity index (χ2v) is 9.06. The van der Waals surface area contributed by atoms with Crippen molar-refractivity contribution in [1.82, 2.24) is 10.6 Å². The van der Waals surface area contributed by atoms with Crippen molar-refractivity contribution < 1.29 is 19.5 Å². The van der Waals surface area contributed by atoms with Crippen LogP contribution in [0.25, 0.3) is 11.1 Å². The van der Waals surface area contributed by atoms with Gasteiger partial charge in [0, 0.05) is 19.5 Å². The largest absolute Gasteiger partial charge is 0.481 e. The Hall–Kier alpha value is -3.88. The number of nitrogens with zero attached hydrogens (tertiary/aromatic N) is 1. The van der Waals surface area contributed by atoms with Gasteiger partial charge in [-0.25, -0.2) is 0 Å². The molecule has 36 heavy (non-hydrogen) atoms. The highest BCUT2D eigenvalue weighted by Gasteiger charge is 2.27. The summed E-state index contributed by atoms with van der Waals surface area (Å²) in [5.74, 6) is -1.55. The molecule has 0 saturated heterocycles. The molecule has 0 aliphatic rings. The SMILES string of the molecule is CC(C)(CCC(=O)NCC(=O)NCCCCN=C(N)N)C(=O)O.Cc1ccc(-c2ccccc2)cc1. The number of unbranched alkanes of at least 4 members (excludes halogenated alkanes) is 1. The second kappa shape index (κ2) is 15.9. The van der Waals surface area contributed by atoms with Crippen molar-refractivity contribution >= 4 is 23.7 Å². The summed E-state index contributed by atoms with van der Waals surface area (Å²) in [6.07, 6.45) is 1.74. The molecule has 7 N–H and O–H groups in total. The summed E-state index contributed by atoms with van der Waals surface area (Å²) in [5.41, 5.74) is 13.3. The van der Waals surface area contributed by atoms with E-state index in [1.54, 1.807) is 13.8 Å². The number of guanidine groups is 1. The predicted molar refractivity (Wildman–Crippen MR) is 143 cm³/mol. The third-order valence-electron chi connectivity index (χ3n) is 5.36. The maximum absolute atomic E-state index is 11.6. The van der Waals surface area contributed by atoms with E-state index >= 15 is 0 Å². The van der Waals surface area contributed by atoms with E-state index in [4.69, 9.17) is 16.6 Å². The fourth-order valence-corrected chi connectivity index (χ4v) is 2.91. The number of carbonyl (C=O) groups excluding carboxylic acids is 2. The molecule has 2 aromatic carbocycles. The van der Waals surface area contributed by atoms with Crippen LogP contribution in [0, 0.1) is 12.3 Å². The van der Waals surface area contributed by atoms with Gasteiger partial charge in [0.1, 0.15) is 0 Å². The number of aliphatic carboxylic acids is 1. The van der Waals surface area contributed by atoms with Crippen LogP contribution in [0.3, 0.4) is 0 Å². The van der Waals surface area contributed by atoms with Crippen molar-refractivity contribution in [3.8, 4) is 11.1 Å². The molecule has 0 bridgehead atoms. The molecule has 0 aliphatic carbocycles. The highest BCUT2D eigenvalue weighted by atomic mass is 16.4. The van der Waals surface area contributed by atoms with Crippen molar-refractivity contribution in [2.24, 2.45) is 21.9 Å². The molecule has 0 aromatic heterocycles. The summed E-state index contributed by atoms with van der Waals surface area (Å²) in [6.45, 7) is 6.07. The summed E-state index contributed by atoms with van der Waals surface area (Å²) in [7, 11) is 0. The van der Waals surface area contributed by atoms with Crippen LogP contribution in [0.4, 0.5) is 0 Å². The Morgan fingerprint density at radius 1 is 0.889 bits per heavy atom. The topological polar surface area (TPSA) is 160 Å². The van der Waals surface area contributed by atoms with Gasteiger partial charge < -0.3 is 27.2 Å². The fraction of sp³-hybridized carbons (Fsp3) is 0.407. The Kier molecular flexibility index (Phi) is 13.3. The molecule has 2 rings (SSSR count). The number of aryl methyl sites for hydroxylation is 1. The minimum absolute atomic E-state index is 0.0443. The predicted octanol–water partition coefficient (Wildman–Crippen LogP) is 2.83. The second-order valence-electron chi connectivity index (χ2n) is 9.06. The van der Waals surface area contributed by atoms with Crippen LogP contribution in [0.1, 0.15) is 45.1 Å². The van der Waals surface area contributed by atoms with Crippen LogP contribution in [0.15, 0.2) is 59.6 Å². The normalized spacial score (nSPS) is 10.4. The van der Waals surface area contributed by atoms with Gasteiger partial charge in [-0.3, -0.25) is 19.4 Å². The van der Waals surface area contributed by atoms with Crippen molar-refractivity contribution in [1.29, 1.82) is 0 Å². The number of nitrogens with two attached hydrogens (primary N) is 2. The summed E-state index contributed by atoms with van der Waals surface area (Å²) in [4.78, 5) is 37.8. The molecule has 0 fully saturated rings. The van der Waals surface area contributed by atoms with E-state index in [1.807, 2.05) is 6.07 Å². The van der Waals surface area contributed by atoms with E-state index in [2.05, 4.69) is 71.1 Å². The standard InChI is InChI=1S/C14H27N5O4.C13H12/c1-14(2,12(22)23)6-5-10(20)19-9-11(21)17-7-3-4-8-18-13(15)16;1-11-7-9-13(10-8-11)12-5-3-2-4-6-12/h3-9H2,1-2H3,(H,17,21)(H,19,20)(H,22,23)(H4,15,16,18);2-10H,1H3. The van der Waals surface area contributed by atoms with E-state index in [0.717, 1.165) is 12.8 Å². The number of carboxylic acids is 1. The van der Waals surface area contributed by atoms with Crippen molar-refractivity contribution in [3.05, 3.63) is 60.2 Å². The number of hydrogen-bond donors (Lipinski definition) is 5. The number of benzene rings is 2. The number of aliphatic imine (C=N–C) groups is 1. The average Bonchev–Trinajstić information content (AvgIpc) is 2.84. The molecule has 9 heteroatoms. The molecular formula is C27H39N5O4. The number of carbonyl (C=O) groups is 3. The number of amides is 2. The van der Waals surface area contributed by atoms with Gasteiger partial charge in [0.25, 0.3) is 0 Å². The Bertz CT molecular complexity index is 985. The van der Waals surface area contributed by atoms with Gasteiger partial charge >= 0.3 is 5.97 Å². The number of rotatable bonds is 12. The van der Waals surface area contributed by atoms with E-state index in [-0.39, 0.29) is 37.2 Å². The zero-order valence-electron chi connectivity index (χ0n) is 21.4. The molecule has 2 aromatic rings. The molecule has 0 heterocycles. The maximum atomic E-state index is 11.6. The Morgan fingerprint density at radius 2 is 1.50 bits per heavy atom. The summed E-state index contributed by atoms with van der Waals surface area (Å²) in [5, 5.41) is 14.1. The molecule has 0 atom stereocenters. The quantitative estimate of drug-likeness (QED) is 0.172. The molecule has 0 spiro atoms. The van der Waals surface area contributed by atoms with Gasteiger partial charge in [-0.2, -0.15) is 0 Å². The Labute approximate surface area is 213 Å². The Balaban J connectivity index is 0.000000414. The van der Waals surface area contributed by atoms with E-state index in [9.17, 15) is 14.4 Å². The van der Waals surface area contributed by atoms with Gasteiger partial charge in [0.15, 0.2) is 5.96 Å². The maximum Gasteiger partial charge on any atom is 0.309 e. The third kappa shape index (κ3) is 13.1. The molecule has 0 unspecified atom stereocenters. The molecule has 196 valence electrons. The molecule has 0 radical (unpaired) electrons. The summed E-state index contributed by atoms with van der Waals surface area (Å²) >= 11 is 0. The first-order valence-corrected chi connectivity index (χ1v) is 12.0. The lowest BCUT2D eigenvalue weighted by molar-refractivity contribution is -0.147. The van der Waals surface area contributed by atoms with Gasteiger partial charge in [0.05, 0.1) is 12.0 Å². The van der Waals surface area contributed by atoms with Crippen LogP contribution >= 0.6 is 0 Å². The molecule has 2 amide bonds. The van der Waals surface area contributed by atoms with Crippen LogP contribution in [0.5, 0.6) is 0 Å². The monoisotopic (exact) mass is 497 g/mol. The van der Waals surface area contributed by atoms with E-state index < -0.39 is 11.4 Å². The molecule has 0 aliphatic heterocycles. The summed E-state index contributed by atoms with van der Waals surface area (Å²) in [6, 6.07) is 19.0.